The molecule has 6 heteroatoms. The molecule has 1 atom stereocenters. The van der Waals surface area contributed by atoms with Gasteiger partial charge in [0, 0.05) is 19.5 Å². The van der Waals surface area contributed by atoms with E-state index in [0.717, 1.165) is 0 Å². The van der Waals surface area contributed by atoms with Crippen molar-refractivity contribution in [2.75, 3.05) is 7.05 Å². The van der Waals surface area contributed by atoms with Crippen molar-refractivity contribution >= 4 is 17.9 Å². The molecule has 0 radical (unpaired) electrons. The average Bonchev–Trinajstić information content (AvgIpc) is 2.24. The standard InChI is InChI=1S/C14H26N2O4/c1-9(13(2,3)4)16(7)12(20)15-10(17)8-14(5,6)11(18)19/h9H,8H2,1-7H3,(H,18,19)(H,15,17,20). The Morgan fingerprint density at radius 3 is 1.95 bits per heavy atom. The first-order chi connectivity index (χ1) is 8.79. The lowest BCUT2D eigenvalue weighted by molar-refractivity contribution is -0.149. The number of hydrogen-bond acceptors (Lipinski definition) is 3. The highest BCUT2D eigenvalue weighted by molar-refractivity contribution is 5.96. The van der Waals surface area contributed by atoms with Crippen LogP contribution in [0.15, 0.2) is 0 Å². The smallest absolute Gasteiger partial charge is 0.324 e. The molecule has 0 fully saturated rings. The fourth-order valence-electron chi connectivity index (χ4n) is 1.49. The molecule has 0 rings (SSSR count). The van der Waals surface area contributed by atoms with Gasteiger partial charge in [-0.2, -0.15) is 0 Å². The SMILES string of the molecule is CC(N(C)C(=O)NC(=O)CC(C)(C)C(=O)O)C(C)(C)C. The molecule has 0 saturated carbocycles. The number of imide groups is 1. The minimum Gasteiger partial charge on any atom is -0.481 e. The molecular formula is C14H26N2O4. The summed E-state index contributed by atoms with van der Waals surface area (Å²) in [5, 5.41) is 11.2. The molecule has 0 heterocycles. The maximum Gasteiger partial charge on any atom is 0.324 e. The zero-order valence-electron chi connectivity index (χ0n) is 13.4. The number of aliphatic carboxylic acids is 1. The Balaban J connectivity index is 4.63. The number of nitrogens with one attached hydrogen (secondary N) is 1. The highest BCUT2D eigenvalue weighted by Gasteiger charge is 2.32. The number of hydrogen-bond donors (Lipinski definition) is 2. The van der Waals surface area contributed by atoms with Crippen LogP contribution < -0.4 is 5.32 Å². The number of carbonyl (C=O) groups is 3. The summed E-state index contributed by atoms with van der Waals surface area (Å²) in [6.07, 6.45) is -0.244. The van der Waals surface area contributed by atoms with Gasteiger partial charge in [0.25, 0.3) is 0 Å². The monoisotopic (exact) mass is 286 g/mol. The Bertz CT molecular complexity index is 396. The quantitative estimate of drug-likeness (QED) is 0.828. The van der Waals surface area contributed by atoms with Crippen LogP contribution in [0.5, 0.6) is 0 Å². The van der Waals surface area contributed by atoms with Crippen LogP contribution in [-0.2, 0) is 9.59 Å². The third kappa shape index (κ3) is 5.19. The second-order valence-electron chi connectivity index (χ2n) is 6.87. The van der Waals surface area contributed by atoms with Crippen LogP contribution in [0, 0.1) is 10.8 Å². The third-order valence-corrected chi connectivity index (χ3v) is 3.58. The predicted molar refractivity (Wildman–Crippen MR) is 76.3 cm³/mol. The van der Waals surface area contributed by atoms with Gasteiger partial charge < -0.3 is 10.0 Å². The molecule has 2 N–H and O–H groups in total. The Hall–Kier alpha value is -1.59. The van der Waals surface area contributed by atoms with Gasteiger partial charge in [-0.15, -0.1) is 0 Å². The first-order valence-corrected chi connectivity index (χ1v) is 6.59. The summed E-state index contributed by atoms with van der Waals surface area (Å²) in [6, 6.07) is -0.582. The zero-order valence-corrected chi connectivity index (χ0v) is 13.4. The van der Waals surface area contributed by atoms with E-state index < -0.39 is 23.3 Å². The van der Waals surface area contributed by atoms with Gasteiger partial charge in [-0.1, -0.05) is 20.8 Å². The third-order valence-electron chi connectivity index (χ3n) is 3.58. The molecule has 20 heavy (non-hydrogen) atoms. The van der Waals surface area contributed by atoms with E-state index in [2.05, 4.69) is 5.32 Å². The summed E-state index contributed by atoms with van der Waals surface area (Å²) in [7, 11) is 1.61. The molecule has 0 aromatic carbocycles. The van der Waals surface area contributed by atoms with Crippen molar-refractivity contribution in [1.82, 2.24) is 10.2 Å². The topological polar surface area (TPSA) is 86.7 Å². The molecule has 1 unspecified atom stereocenters. The normalized spacial score (nSPS) is 13.6. The Morgan fingerprint density at radius 2 is 1.60 bits per heavy atom. The van der Waals surface area contributed by atoms with Crippen molar-refractivity contribution in [2.24, 2.45) is 10.8 Å². The van der Waals surface area contributed by atoms with Gasteiger partial charge in [0.05, 0.1) is 5.41 Å². The van der Waals surface area contributed by atoms with E-state index in [0.29, 0.717) is 0 Å². The van der Waals surface area contributed by atoms with E-state index in [1.807, 2.05) is 27.7 Å². The lowest BCUT2D eigenvalue weighted by Gasteiger charge is -2.35. The van der Waals surface area contributed by atoms with Crippen molar-refractivity contribution < 1.29 is 19.5 Å². The van der Waals surface area contributed by atoms with Crippen LogP contribution in [0.25, 0.3) is 0 Å². The van der Waals surface area contributed by atoms with E-state index in [9.17, 15) is 14.4 Å². The van der Waals surface area contributed by atoms with Gasteiger partial charge in [0.15, 0.2) is 0 Å². The van der Waals surface area contributed by atoms with Crippen molar-refractivity contribution in [3.63, 3.8) is 0 Å². The van der Waals surface area contributed by atoms with Gasteiger partial charge in [-0.25, -0.2) is 4.79 Å². The van der Waals surface area contributed by atoms with Gasteiger partial charge >= 0.3 is 12.0 Å². The second kappa shape index (κ2) is 6.24. The van der Waals surface area contributed by atoms with Crippen molar-refractivity contribution in [2.45, 2.75) is 54.0 Å². The molecule has 3 amide bonds. The number of nitrogens with zero attached hydrogens (tertiary/aromatic N) is 1. The molecule has 0 spiro atoms. The van der Waals surface area contributed by atoms with Crippen LogP contribution in [0.3, 0.4) is 0 Å². The molecule has 0 aromatic rings. The van der Waals surface area contributed by atoms with Gasteiger partial charge in [-0.3, -0.25) is 14.9 Å². The van der Waals surface area contributed by atoms with Crippen molar-refractivity contribution in [3.05, 3.63) is 0 Å². The first kappa shape index (κ1) is 18.4. The summed E-state index contributed by atoms with van der Waals surface area (Å²) in [4.78, 5) is 36.1. The van der Waals surface area contributed by atoms with Crippen LogP contribution in [0.4, 0.5) is 4.79 Å². The van der Waals surface area contributed by atoms with Gasteiger partial charge in [0.1, 0.15) is 0 Å². The number of carboxylic acids is 1. The maximum absolute atomic E-state index is 11.9. The highest BCUT2D eigenvalue weighted by Crippen LogP contribution is 2.23. The summed E-state index contributed by atoms with van der Waals surface area (Å²) < 4.78 is 0. The molecule has 0 aliphatic heterocycles. The molecule has 0 aliphatic carbocycles. The summed E-state index contributed by atoms with van der Waals surface area (Å²) >= 11 is 0. The molecule has 116 valence electrons. The van der Waals surface area contributed by atoms with Crippen LogP contribution in [-0.4, -0.2) is 41.0 Å². The molecule has 0 saturated heterocycles. The number of rotatable bonds is 4. The Morgan fingerprint density at radius 1 is 1.15 bits per heavy atom. The largest absolute Gasteiger partial charge is 0.481 e. The van der Waals surface area contributed by atoms with Crippen molar-refractivity contribution in [3.8, 4) is 0 Å². The molecular weight excluding hydrogens is 260 g/mol. The lowest BCUT2D eigenvalue weighted by atomic mass is 9.87. The fourth-order valence-corrected chi connectivity index (χ4v) is 1.49. The summed E-state index contributed by atoms with van der Waals surface area (Å²) in [5.41, 5.74) is -1.31. The van der Waals surface area contributed by atoms with E-state index in [4.69, 9.17) is 5.11 Å². The predicted octanol–water partition coefficient (Wildman–Crippen LogP) is 2.09. The molecule has 0 bridgehead atoms. The minimum atomic E-state index is -1.20. The van der Waals surface area contributed by atoms with Crippen molar-refractivity contribution in [1.29, 1.82) is 0 Å². The Kier molecular flexibility index (Phi) is 5.74. The summed E-state index contributed by atoms with van der Waals surface area (Å²) in [5.74, 6) is -1.66. The van der Waals surface area contributed by atoms with Crippen LogP contribution >= 0.6 is 0 Å². The number of carboxylic acid groups (broad SMARTS) is 1. The lowest BCUT2D eigenvalue weighted by Crippen LogP contribution is -2.49. The number of carbonyl (C=O) groups excluding carboxylic acids is 2. The van der Waals surface area contributed by atoms with E-state index in [-0.39, 0.29) is 17.9 Å². The zero-order chi connectivity index (χ0) is 16.3. The second-order valence-corrected chi connectivity index (χ2v) is 6.87. The highest BCUT2D eigenvalue weighted by atomic mass is 16.4. The van der Waals surface area contributed by atoms with E-state index >= 15 is 0 Å². The first-order valence-electron chi connectivity index (χ1n) is 6.59. The maximum atomic E-state index is 11.9. The number of amides is 3. The molecule has 0 aliphatic rings. The van der Waals surface area contributed by atoms with Gasteiger partial charge in [-0.05, 0) is 26.2 Å². The van der Waals surface area contributed by atoms with Crippen LogP contribution in [0.2, 0.25) is 0 Å². The van der Waals surface area contributed by atoms with E-state index in [1.165, 1.54) is 18.7 Å². The van der Waals surface area contributed by atoms with Crippen LogP contribution in [0.1, 0.15) is 48.0 Å². The fraction of sp³-hybridized carbons (Fsp3) is 0.786. The van der Waals surface area contributed by atoms with Gasteiger partial charge in [0.2, 0.25) is 5.91 Å². The average molecular weight is 286 g/mol. The molecule has 0 aromatic heterocycles. The molecule has 6 nitrogen and oxygen atoms in total. The van der Waals surface area contributed by atoms with E-state index in [1.54, 1.807) is 7.05 Å². The minimum absolute atomic E-state index is 0.0669. The Labute approximate surface area is 120 Å². The summed E-state index contributed by atoms with van der Waals surface area (Å²) in [6.45, 7) is 10.8. The number of urea groups is 1.